The largest absolute Gasteiger partial charge is 0.507 e. The summed E-state index contributed by atoms with van der Waals surface area (Å²) in [4.78, 5) is 31.7. The van der Waals surface area contributed by atoms with Gasteiger partial charge in [0.1, 0.15) is 11.4 Å². The Morgan fingerprint density at radius 1 is 0.958 bits per heavy atom. The number of benzene rings is 2. The third-order valence-electron chi connectivity index (χ3n) is 3.99. The molecule has 0 aliphatic heterocycles. The molecule has 0 unspecified atom stereocenters. The summed E-state index contributed by atoms with van der Waals surface area (Å²) in [5.41, 5.74) is 0.770. The zero-order valence-corrected chi connectivity index (χ0v) is 12.5. The third kappa shape index (κ3) is 2.14. The van der Waals surface area contributed by atoms with E-state index in [-0.39, 0.29) is 22.7 Å². The van der Waals surface area contributed by atoms with Gasteiger partial charge in [0.2, 0.25) is 0 Å². The second kappa shape index (κ2) is 5.31. The maximum Gasteiger partial charge on any atom is 0.257 e. The summed E-state index contributed by atoms with van der Waals surface area (Å²) < 4.78 is 0. The third-order valence-corrected chi connectivity index (χ3v) is 3.99. The highest BCUT2D eigenvalue weighted by Crippen LogP contribution is 2.24. The molecule has 0 atom stereocenters. The summed E-state index contributed by atoms with van der Waals surface area (Å²) in [7, 11) is 0. The Balaban J connectivity index is 1.97. The van der Waals surface area contributed by atoms with Crippen molar-refractivity contribution in [3.8, 4) is 5.75 Å². The summed E-state index contributed by atoms with van der Waals surface area (Å²) in [6.07, 6.45) is 1.40. The van der Waals surface area contributed by atoms with Crippen LogP contribution in [-0.2, 0) is 0 Å². The molecule has 0 spiro atoms. The van der Waals surface area contributed by atoms with E-state index in [4.69, 9.17) is 0 Å². The molecule has 0 aliphatic carbocycles. The number of fused-ring (bicyclic) bond motifs is 3. The topological polar surface area (TPSA) is 83.0 Å². The molecule has 5 heteroatoms. The van der Waals surface area contributed by atoms with Crippen LogP contribution in [0.5, 0.6) is 5.75 Å². The molecule has 116 valence electrons. The highest BCUT2D eigenvalue weighted by molar-refractivity contribution is 6.13. The number of aromatic amines is 1. The molecule has 0 radical (unpaired) electrons. The van der Waals surface area contributed by atoms with Gasteiger partial charge in [-0.25, -0.2) is 4.98 Å². The van der Waals surface area contributed by atoms with Gasteiger partial charge >= 0.3 is 0 Å². The molecule has 0 saturated carbocycles. The number of ketones is 1. The van der Waals surface area contributed by atoms with Gasteiger partial charge in [0.05, 0.1) is 5.56 Å². The SMILES string of the molecule is O=C(c1cnc2[nH]c(=O)c3ccccc3c2c1)c1ccccc1O. The number of aromatic nitrogens is 2. The summed E-state index contributed by atoms with van der Waals surface area (Å²) >= 11 is 0. The lowest BCUT2D eigenvalue weighted by Crippen LogP contribution is -2.08. The summed E-state index contributed by atoms with van der Waals surface area (Å²) in [5.74, 6) is -0.397. The van der Waals surface area contributed by atoms with E-state index in [0.29, 0.717) is 22.0 Å². The molecule has 4 rings (SSSR count). The Bertz CT molecular complexity index is 1160. The second-order valence-electron chi connectivity index (χ2n) is 5.47. The van der Waals surface area contributed by atoms with Crippen molar-refractivity contribution in [2.24, 2.45) is 0 Å². The van der Waals surface area contributed by atoms with Crippen LogP contribution in [0.1, 0.15) is 15.9 Å². The van der Waals surface area contributed by atoms with Crippen molar-refractivity contribution in [2.45, 2.75) is 0 Å². The quantitative estimate of drug-likeness (QED) is 0.440. The van der Waals surface area contributed by atoms with Crippen LogP contribution in [0.4, 0.5) is 0 Å². The van der Waals surface area contributed by atoms with Crippen LogP contribution in [0.2, 0.25) is 0 Å². The monoisotopic (exact) mass is 316 g/mol. The number of rotatable bonds is 2. The Kier molecular flexibility index (Phi) is 3.13. The van der Waals surface area contributed by atoms with E-state index in [1.54, 1.807) is 36.4 Å². The van der Waals surface area contributed by atoms with Gasteiger partial charge in [-0.05, 0) is 29.7 Å². The lowest BCUT2D eigenvalue weighted by atomic mass is 10.0. The van der Waals surface area contributed by atoms with Crippen LogP contribution in [0.25, 0.3) is 21.8 Å². The van der Waals surface area contributed by atoms with Gasteiger partial charge in [0.15, 0.2) is 5.78 Å². The second-order valence-corrected chi connectivity index (χ2v) is 5.47. The van der Waals surface area contributed by atoms with Crippen LogP contribution < -0.4 is 5.56 Å². The first kappa shape index (κ1) is 14.1. The van der Waals surface area contributed by atoms with E-state index in [9.17, 15) is 14.7 Å². The Labute approximate surface area is 136 Å². The summed E-state index contributed by atoms with van der Waals surface area (Å²) in [6, 6.07) is 15.2. The molecule has 5 nitrogen and oxygen atoms in total. The average Bonchev–Trinajstić information content (AvgIpc) is 2.62. The number of nitrogens with one attached hydrogen (secondary N) is 1. The van der Waals surface area contributed by atoms with Crippen LogP contribution in [0.3, 0.4) is 0 Å². The predicted octanol–water partition coefficient (Wildman–Crippen LogP) is 3.01. The smallest absolute Gasteiger partial charge is 0.257 e. The maximum absolute atomic E-state index is 12.6. The van der Waals surface area contributed by atoms with Crippen molar-refractivity contribution in [1.82, 2.24) is 9.97 Å². The number of H-pyrrole nitrogens is 1. The minimum atomic E-state index is -0.321. The Hall–Kier alpha value is -3.47. The molecular weight excluding hydrogens is 304 g/mol. The van der Waals surface area contributed by atoms with E-state index >= 15 is 0 Å². The fourth-order valence-electron chi connectivity index (χ4n) is 2.81. The number of hydrogen-bond donors (Lipinski definition) is 2. The highest BCUT2D eigenvalue weighted by atomic mass is 16.3. The number of carbonyl (C=O) groups is 1. The number of nitrogens with zero attached hydrogens (tertiary/aromatic N) is 1. The van der Waals surface area contributed by atoms with Gasteiger partial charge in [-0.3, -0.25) is 9.59 Å². The van der Waals surface area contributed by atoms with Crippen molar-refractivity contribution in [3.05, 3.63) is 82.3 Å². The molecule has 2 aromatic carbocycles. The van der Waals surface area contributed by atoms with Gasteiger partial charge in [0.25, 0.3) is 5.56 Å². The molecular formula is C19H12N2O3. The first-order chi connectivity index (χ1) is 11.6. The summed E-state index contributed by atoms with van der Waals surface area (Å²) in [6.45, 7) is 0. The first-order valence-electron chi connectivity index (χ1n) is 7.38. The number of para-hydroxylation sites is 1. The molecule has 0 fully saturated rings. The lowest BCUT2D eigenvalue weighted by molar-refractivity contribution is 0.103. The predicted molar refractivity (Wildman–Crippen MR) is 91.4 cm³/mol. The lowest BCUT2D eigenvalue weighted by Gasteiger charge is -2.06. The fraction of sp³-hybridized carbons (Fsp3) is 0. The average molecular weight is 316 g/mol. The number of pyridine rings is 2. The van der Waals surface area contributed by atoms with Gasteiger partial charge in [-0.15, -0.1) is 0 Å². The van der Waals surface area contributed by atoms with E-state index in [1.807, 2.05) is 12.1 Å². The molecule has 2 aromatic heterocycles. The number of carbonyl (C=O) groups excluding carboxylic acids is 1. The van der Waals surface area contributed by atoms with Crippen molar-refractivity contribution in [3.63, 3.8) is 0 Å². The standard InChI is InChI=1S/C19H12N2O3/c22-16-8-4-3-7-14(16)17(23)11-9-15-12-5-1-2-6-13(12)19(24)21-18(15)20-10-11/h1-10,22H,(H,20,21,24). The summed E-state index contributed by atoms with van der Waals surface area (Å²) in [5, 5.41) is 11.8. The van der Waals surface area contributed by atoms with Gasteiger partial charge in [-0.2, -0.15) is 0 Å². The minimum absolute atomic E-state index is 0.0751. The van der Waals surface area contributed by atoms with Crippen molar-refractivity contribution in [2.75, 3.05) is 0 Å². The highest BCUT2D eigenvalue weighted by Gasteiger charge is 2.15. The van der Waals surface area contributed by atoms with E-state index in [2.05, 4.69) is 9.97 Å². The van der Waals surface area contributed by atoms with E-state index < -0.39 is 0 Å². The van der Waals surface area contributed by atoms with Crippen LogP contribution in [-0.4, -0.2) is 20.9 Å². The first-order valence-corrected chi connectivity index (χ1v) is 7.38. The van der Waals surface area contributed by atoms with Gasteiger partial charge in [-0.1, -0.05) is 30.3 Å². The molecule has 24 heavy (non-hydrogen) atoms. The maximum atomic E-state index is 12.6. The molecule has 2 N–H and O–H groups in total. The van der Waals surface area contributed by atoms with Crippen molar-refractivity contribution < 1.29 is 9.90 Å². The fourth-order valence-corrected chi connectivity index (χ4v) is 2.81. The van der Waals surface area contributed by atoms with E-state index in [0.717, 1.165) is 5.39 Å². The van der Waals surface area contributed by atoms with Crippen LogP contribution in [0.15, 0.2) is 65.6 Å². The number of phenols is 1. The Morgan fingerprint density at radius 3 is 2.46 bits per heavy atom. The van der Waals surface area contributed by atoms with Crippen molar-refractivity contribution >= 4 is 27.6 Å². The molecule has 2 heterocycles. The number of hydrogen-bond acceptors (Lipinski definition) is 4. The zero-order chi connectivity index (χ0) is 16.7. The van der Waals surface area contributed by atoms with Crippen LogP contribution in [0, 0.1) is 0 Å². The molecule has 0 amide bonds. The zero-order valence-electron chi connectivity index (χ0n) is 12.5. The number of phenolic OH excluding ortho intramolecular Hbond substituents is 1. The van der Waals surface area contributed by atoms with Crippen molar-refractivity contribution in [1.29, 1.82) is 0 Å². The number of aromatic hydroxyl groups is 1. The van der Waals surface area contributed by atoms with Crippen LogP contribution >= 0.6 is 0 Å². The molecule has 0 aliphatic rings. The van der Waals surface area contributed by atoms with Gasteiger partial charge in [0, 0.05) is 22.5 Å². The van der Waals surface area contributed by atoms with Gasteiger partial charge < -0.3 is 10.1 Å². The van der Waals surface area contributed by atoms with E-state index in [1.165, 1.54) is 12.3 Å². The normalized spacial score (nSPS) is 11.0. The molecule has 0 saturated heterocycles. The molecule has 4 aromatic rings. The molecule has 0 bridgehead atoms. The minimum Gasteiger partial charge on any atom is -0.507 e. The Morgan fingerprint density at radius 2 is 1.67 bits per heavy atom.